The van der Waals surface area contributed by atoms with Gasteiger partial charge in [0.05, 0.1) is 10.6 Å². The van der Waals surface area contributed by atoms with Crippen LogP contribution in [0.25, 0.3) is 28.0 Å². The molecule has 0 aliphatic carbocycles. The number of rotatable bonds is 4. The first-order chi connectivity index (χ1) is 13.4. The number of primary sulfonamides is 1. The number of hydrogen-bond acceptors (Lipinski definition) is 4. The Hall–Kier alpha value is -2.81. The first-order valence-electron chi connectivity index (χ1n) is 8.70. The third kappa shape index (κ3) is 3.37. The largest absolute Gasteiger partial charge is 0.339 e. The zero-order valence-corrected chi connectivity index (χ0v) is 16.7. The van der Waals surface area contributed by atoms with E-state index in [0.717, 1.165) is 34.5 Å². The highest BCUT2D eigenvalue weighted by Crippen LogP contribution is 2.27. The van der Waals surface area contributed by atoms with Gasteiger partial charge in [0, 0.05) is 18.0 Å². The number of aryl methyl sites for hydroxylation is 1. The van der Waals surface area contributed by atoms with E-state index < -0.39 is 10.0 Å². The molecule has 0 aliphatic rings. The highest BCUT2D eigenvalue weighted by Gasteiger charge is 2.12. The number of benzene rings is 2. The van der Waals surface area contributed by atoms with Crippen LogP contribution in [-0.2, 0) is 16.4 Å². The number of fused-ring (bicyclic) bond motifs is 1. The first kappa shape index (κ1) is 18.5. The molecule has 0 spiro atoms. The third-order valence-corrected chi connectivity index (χ3v) is 5.92. The average Bonchev–Trinajstić information content (AvgIpc) is 3.14. The maximum absolute atomic E-state index is 11.5. The zero-order chi connectivity index (χ0) is 19.9. The fourth-order valence-electron chi connectivity index (χ4n) is 3.11. The van der Waals surface area contributed by atoms with E-state index in [9.17, 15) is 8.42 Å². The Bertz CT molecular complexity index is 1320. The molecule has 142 valence electrons. The average molecular weight is 411 g/mol. The molecule has 2 heterocycles. The number of sulfonamides is 1. The molecule has 4 rings (SSSR count). The second-order valence-electron chi connectivity index (χ2n) is 6.46. The van der Waals surface area contributed by atoms with E-state index in [1.54, 1.807) is 18.3 Å². The van der Waals surface area contributed by atoms with Crippen LogP contribution in [0.3, 0.4) is 0 Å². The van der Waals surface area contributed by atoms with Gasteiger partial charge in [-0.25, -0.2) is 18.5 Å². The van der Waals surface area contributed by atoms with Gasteiger partial charge in [0.15, 0.2) is 0 Å². The summed E-state index contributed by atoms with van der Waals surface area (Å²) in [6.45, 7) is 2.12. The van der Waals surface area contributed by atoms with E-state index in [-0.39, 0.29) is 4.90 Å². The van der Waals surface area contributed by atoms with Crippen LogP contribution < -0.4 is 5.14 Å². The molecule has 6 nitrogen and oxygen atoms in total. The Morgan fingerprint density at radius 3 is 2.32 bits per heavy atom. The Labute approximate surface area is 167 Å². The van der Waals surface area contributed by atoms with Crippen molar-refractivity contribution in [2.75, 3.05) is 0 Å². The van der Waals surface area contributed by atoms with Gasteiger partial charge in [0.2, 0.25) is 14.8 Å². The van der Waals surface area contributed by atoms with Gasteiger partial charge in [-0.05, 0) is 47.5 Å². The fourth-order valence-corrected chi connectivity index (χ4v) is 3.82. The highest BCUT2D eigenvalue weighted by molar-refractivity contribution is 7.89. The van der Waals surface area contributed by atoms with Crippen molar-refractivity contribution < 1.29 is 8.42 Å². The number of nitrogens with one attached hydrogen (secondary N) is 1. The maximum Gasteiger partial charge on any atom is 0.238 e. The normalized spacial score (nSPS) is 11.8. The molecule has 8 heteroatoms. The Balaban J connectivity index is 1.84. The van der Waals surface area contributed by atoms with E-state index >= 15 is 0 Å². The van der Waals surface area contributed by atoms with E-state index in [0.29, 0.717) is 4.77 Å². The van der Waals surface area contributed by atoms with Crippen LogP contribution in [0.1, 0.15) is 12.5 Å². The highest BCUT2D eigenvalue weighted by atomic mass is 32.2. The molecule has 0 fully saturated rings. The Morgan fingerprint density at radius 2 is 1.71 bits per heavy atom. The molecule has 4 aromatic rings. The summed E-state index contributed by atoms with van der Waals surface area (Å²) in [5, 5.41) is 5.17. The van der Waals surface area contributed by atoms with E-state index in [1.165, 1.54) is 17.7 Å². The molecule has 0 saturated carbocycles. The van der Waals surface area contributed by atoms with Crippen LogP contribution in [0.5, 0.6) is 0 Å². The van der Waals surface area contributed by atoms with Crippen molar-refractivity contribution >= 4 is 27.9 Å². The summed E-state index contributed by atoms with van der Waals surface area (Å²) < 4.78 is 25.2. The quantitative estimate of drug-likeness (QED) is 0.499. The molecular formula is C20H18N4O2S2. The van der Waals surface area contributed by atoms with Crippen molar-refractivity contribution in [2.24, 2.45) is 5.14 Å². The first-order valence-corrected chi connectivity index (χ1v) is 10.6. The van der Waals surface area contributed by atoms with E-state index in [1.807, 2.05) is 10.6 Å². The molecular weight excluding hydrogens is 392 g/mol. The zero-order valence-electron chi connectivity index (χ0n) is 15.1. The maximum atomic E-state index is 11.5. The van der Waals surface area contributed by atoms with Crippen molar-refractivity contribution in [2.45, 2.75) is 18.2 Å². The molecule has 0 bridgehead atoms. The summed E-state index contributed by atoms with van der Waals surface area (Å²) in [7, 11) is -3.72. The van der Waals surface area contributed by atoms with Crippen LogP contribution in [0.4, 0.5) is 0 Å². The summed E-state index contributed by atoms with van der Waals surface area (Å²) in [5.41, 5.74) is 5.68. The third-order valence-electron chi connectivity index (χ3n) is 4.68. The summed E-state index contributed by atoms with van der Waals surface area (Å²) in [4.78, 5) is 7.80. The lowest BCUT2D eigenvalue weighted by atomic mass is 10.1. The van der Waals surface area contributed by atoms with Gasteiger partial charge < -0.3 is 4.98 Å². The van der Waals surface area contributed by atoms with Crippen LogP contribution >= 0.6 is 12.2 Å². The number of imidazole rings is 1. The minimum absolute atomic E-state index is 0.0716. The lowest BCUT2D eigenvalue weighted by Gasteiger charge is -2.05. The van der Waals surface area contributed by atoms with Crippen molar-refractivity contribution in [1.82, 2.24) is 14.4 Å². The lowest BCUT2D eigenvalue weighted by Crippen LogP contribution is -2.11. The predicted molar refractivity (Wildman–Crippen MR) is 112 cm³/mol. The van der Waals surface area contributed by atoms with Crippen LogP contribution in [-0.4, -0.2) is 22.8 Å². The standard InChI is InChI=1S/C20H18N4O2S2/c1-2-13-3-5-14(6-4-13)17-11-22-20(27)24-12-18(23-19(17)24)15-7-9-16(10-8-15)28(21,25)26/h3-12,23H,2H2,1H3,(H2,21,25,26). The molecule has 2 aromatic carbocycles. The number of aromatic amines is 1. The van der Waals surface area contributed by atoms with Crippen molar-refractivity contribution in [3.8, 4) is 22.4 Å². The summed E-state index contributed by atoms with van der Waals surface area (Å²) in [6.07, 6.45) is 4.61. The number of nitrogens with zero attached hydrogens (tertiary/aromatic N) is 2. The SMILES string of the molecule is CCc1ccc(-c2cnc(=S)n3cc(-c4ccc(S(N)(=O)=O)cc4)[nH]c23)cc1. The summed E-state index contributed by atoms with van der Waals surface area (Å²) in [5.74, 6) is 0. The number of nitrogens with two attached hydrogens (primary N) is 1. The van der Waals surface area contributed by atoms with Gasteiger partial charge in [0.1, 0.15) is 5.65 Å². The number of aromatic nitrogens is 3. The molecule has 2 aromatic heterocycles. The predicted octanol–water partition coefficient (Wildman–Crippen LogP) is 3.94. The van der Waals surface area contributed by atoms with Gasteiger partial charge in [-0.2, -0.15) is 0 Å². The van der Waals surface area contributed by atoms with Crippen LogP contribution in [0.15, 0.2) is 65.8 Å². The monoisotopic (exact) mass is 410 g/mol. The minimum Gasteiger partial charge on any atom is -0.339 e. The minimum atomic E-state index is -3.72. The molecule has 0 amide bonds. The van der Waals surface area contributed by atoms with Crippen molar-refractivity contribution in [1.29, 1.82) is 0 Å². The van der Waals surface area contributed by atoms with Crippen molar-refractivity contribution in [3.63, 3.8) is 0 Å². The molecule has 0 saturated heterocycles. The second kappa shape index (κ2) is 6.97. The number of hydrogen-bond donors (Lipinski definition) is 2. The molecule has 0 atom stereocenters. The molecule has 0 aliphatic heterocycles. The van der Waals surface area contributed by atoms with Gasteiger partial charge in [-0.3, -0.25) is 4.40 Å². The van der Waals surface area contributed by atoms with Crippen LogP contribution in [0.2, 0.25) is 0 Å². The van der Waals surface area contributed by atoms with E-state index in [4.69, 9.17) is 17.4 Å². The fraction of sp³-hybridized carbons (Fsp3) is 0.100. The van der Waals surface area contributed by atoms with Gasteiger partial charge >= 0.3 is 0 Å². The van der Waals surface area contributed by atoms with Crippen LogP contribution in [0, 0.1) is 4.77 Å². The smallest absolute Gasteiger partial charge is 0.238 e. The number of H-pyrrole nitrogens is 1. The second-order valence-corrected chi connectivity index (χ2v) is 8.39. The van der Waals surface area contributed by atoms with Gasteiger partial charge in [-0.1, -0.05) is 43.3 Å². The van der Waals surface area contributed by atoms with E-state index in [2.05, 4.69) is 41.2 Å². The summed E-state index contributed by atoms with van der Waals surface area (Å²) in [6, 6.07) is 14.7. The molecule has 28 heavy (non-hydrogen) atoms. The topological polar surface area (TPSA) is 93.2 Å². The van der Waals surface area contributed by atoms with Gasteiger partial charge in [0.25, 0.3) is 0 Å². The Morgan fingerprint density at radius 1 is 1.07 bits per heavy atom. The molecule has 0 radical (unpaired) electrons. The molecule has 3 N–H and O–H groups in total. The Kier molecular flexibility index (Phi) is 4.62. The molecule has 0 unspecified atom stereocenters. The summed E-state index contributed by atoms with van der Waals surface area (Å²) >= 11 is 5.37. The lowest BCUT2D eigenvalue weighted by molar-refractivity contribution is 0.598. The van der Waals surface area contributed by atoms with Gasteiger partial charge in [-0.15, -0.1) is 0 Å². The van der Waals surface area contributed by atoms with Crippen molar-refractivity contribution in [3.05, 3.63) is 71.3 Å².